The van der Waals surface area contributed by atoms with E-state index >= 15 is 0 Å². The van der Waals surface area contributed by atoms with Gasteiger partial charge < -0.3 is 9.64 Å². The third-order valence-corrected chi connectivity index (χ3v) is 5.47. The van der Waals surface area contributed by atoms with Crippen LogP contribution in [0.5, 0.6) is 0 Å². The maximum atomic E-state index is 13.4. The highest BCUT2D eigenvalue weighted by Gasteiger charge is 2.34. The van der Waals surface area contributed by atoms with Crippen LogP contribution in [0.3, 0.4) is 0 Å². The average molecular weight is 423 g/mol. The molecule has 0 saturated carbocycles. The Morgan fingerprint density at radius 3 is 2.55 bits per heavy atom. The Balaban J connectivity index is 1.79. The Bertz CT molecular complexity index is 913. The molecule has 1 aliphatic rings. The van der Waals surface area contributed by atoms with Crippen molar-refractivity contribution in [3.05, 3.63) is 65.7 Å². The van der Waals surface area contributed by atoms with E-state index in [1.165, 1.54) is 6.92 Å². The largest absolute Gasteiger partial charge is 0.465 e. The van der Waals surface area contributed by atoms with Gasteiger partial charge in [-0.3, -0.25) is 19.7 Å². The van der Waals surface area contributed by atoms with Gasteiger partial charge in [0, 0.05) is 5.69 Å². The summed E-state index contributed by atoms with van der Waals surface area (Å²) in [5.74, 6) is -0.630. The minimum absolute atomic E-state index is 0.0160. The molecule has 2 atom stereocenters. The van der Waals surface area contributed by atoms with E-state index in [1.54, 1.807) is 11.8 Å². The second kappa shape index (κ2) is 10.9. The first-order valence-electron chi connectivity index (χ1n) is 10.8. The average Bonchev–Trinajstić information content (AvgIpc) is 2.89. The highest BCUT2D eigenvalue weighted by atomic mass is 16.5. The first-order chi connectivity index (χ1) is 15.0. The van der Waals surface area contributed by atoms with Crippen LogP contribution in [0, 0.1) is 0 Å². The van der Waals surface area contributed by atoms with Crippen LogP contribution in [0.25, 0.3) is 0 Å². The zero-order valence-electron chi connectivity index (χ0n) is 18.2. The number of nitrogens with zero attached hydrogens (tertiary/aromatic N) is 1. The molecule has 0 spiro atoms. The van der Waals surface area contributed by atoms with Gasteiger partial charge in [-0.05, 0) is 56.7 Å². The predicted octanol–water partition coefficient (Wildman–Crippen LogP) is 3.08. The lowest BCUT2D eigenvalue weighted by Gasteiger charge is -2.27. The Hall–Kier alpha value is -2.99. The molecular weight excluding hydrogens is 392 g/mol. The topological polar surface area (TPSA) is 75.7 Å². The van der Waals surface area contributed by atoms with Crippen molar-refractivity contribution in [2.24, 2.45) is 0 Å². The van der Waals surface area contributed by atoms with Gasteiger partial charge in [0.05, 0.1) is 19.2 Å². The van der Waals surface area contributed by atoms with E-state index in [2.05, 4.69) is 5.32 Å². The molecule has 3 rings (SSSR count). The fourth-order valence-corrected chi connectivity index (χ4v) is 3.97. The molecule has 0 fully saturated rings. The minimum atomic E-state index is -0.602. The second-order valence-electron chi connectivity index (χ2n) is 7.84. The van der Waals surface area contributed by atoms with E-state index in [0.717, 1.165) is 16.8 Å². The Kier molecular flexibility index (Phi) is 7.95. The van der Waals surface area contributed by atoms with Crippen LogP contribution in [-0.4, -0.2) is 42.9 Å². The number of fused-ring (bicyclic) bond motifs is 1. The molecule has 2 aromatic carbocycles. The van der Waals surface area contributed by atoms with E-state index in [0.29, 0.717) is 25.7 Å². The lowest BCUT2D eigenvalue weighted by molar-refractivity contribution is -0.146. The van der Waals surface area contributed by atoms with Crippen LogP contribution >= 0.6 is 0 Å². The van der Waals surface area contributed by atoms with Crippen LogP contribution in [0.1, 0.15) is 37.8 Å². The summed E-state index contributed by atoms with van der Waals surface area (Å²) >= 11 is 0. The molecular formula is C25H30N2O4. The highest BCUT2D eigenvalue weighted by Crippen LogP contribution is 2.27. The Labute approximate surface area is 183 Å². The summed E-state index contributed by atoms with van der Waals surface area (Å²) in [6, 6.07) is 16.4. The molecule has 164 valence electrons. The van der Waals surface area contributed by atoms with Gasteiger partial charge in [0.1, 0.15) is 11.8 Å². The van der Waals surface area contributed by atoms with Crippen LogP contribution in [-0.2, 0) is 32.0 Å². The Morgan fingerprint density at radius 2 is 1.84 bits per heavy atom. The van der Waals surface area contributed by atoms with Gasteiger partial charge in [0.2, 0.25) is 5.91 Å². The number of amides is 1. The summed E-state index contributed by atoms with van der Waals surface area (Å²) in [5, 5.41) is 3.26. The van der Waals surface area contributed by atoms with E-state index < -0.39 is 12.1 Å². The van der Waals surface area contributed by atoms with Crippen molar-refractivity contribution in [1.29, 1.82) is 0 Å². The maximum Gasteiger partial charge on any atom is 0.323 e. The molecule has 2 aromatic rings. The van der Waals surface area contributed by atoms with Crippen molar-refractivity contribution in [1.82, 2.24) is 5.32 Å². The molecule has 1 aliphatic heterocycles. The van der Waals surface area contributed by atoms with E-state index in [9.17, 15) is 14.4 Å². The number of carbonyl (C=O) groups excluding carboxylic acids is 3. The number of esters is 1. The molecule has 0 aromatic heterocycles. The number of Topliss-reactive ketones (excluding diaryl/α,β-unsaturated/α-hetero) is 1. The molecule has 1 N–H and O–H groups in total. The molecule has 6 heteroatoms. The number of carbonyl (C=O) groups is 3. The first-order valence-corrected chi connectivity index (χ1v) is 10.8. The molecule has 0 radical (unpaired) electrons. The summed E-state index contributed by atoms with van der Waals surface area (Å²) in [6.07, 6.45) is 2.44. The zero-order valence-corrected chi connectivity index (χ0v) is 18.2. The number of anilines is 1. The maximum absolute atomic E-state index is 13.4. The number of hydrogen-bond acceptors (Lipinski definition) is 5. The van der Waals surface area contributed by atoms with E-state index in [1.807, 2.05) is 54.6 Å². The van der Waals surface area contributed by atoms with Crippen molar-refractivity contribution >= 4 is 23.3 Å². The summed E-state index contributed by atoms with van der Waals surface area (Å²) in [5.41, 5.74) is 2.92. The summed E-state index contributed by atoms with van der Waals surface area (Å²) in [6.45, 7) is 3.55. The van der Waals surface area contributed by atoms with Gasteiger partial charge in [-0.25, -0.2) is 0 Å². The molecule has 0 aliphatic carbocycles. The highest BCUT2D eigenvalue weighted by molar-refractivity contribution is 6.02. The quantitative estimate of drug-likeness (QED) is 0.629. The molecule has 0 saturated heterocycles. The van der Waals surface area contributed by atoms with Gasteiger partial charge in [0.15, 0.2) is 0 Å². The Morgan fingerprint density at radius 1 is 1.13 bits per heavy atom. The smallest absolute Gasteiger partial charge is 0.323 e. The number of benzene rings is 2. The number of hydrogen-bond donors (Lipinski definition) is 1. The number of ether oxygens (including phenoxy) is 1. The number of aryl methyl sites for hydroxylation is 2. The fourth-order valence-electron chi connectivity index (χ4n) is 3.97. The lowest BCUT2D eigenvalue weighted by Crippen LogP contribution is -2.53. The van der Waals surface area contributed by atoms with Crippen LogP contribution in [0.4, 0.5) is 5.69 Å². The summed E-state index contributed by atoms with van der Waals surface area (Å²) in [4.78, 5) is 39.5. The third-order valence-electron chi connectivity index (χ3n) is 5.47. The summed E-state index contributed by atoms with van der Waals surface area (Å²) < 4.78 is 5.27. The standard InChI is InChI=1S/C25H30N2O4/c1-3-31-25(30)22(15-13-19-9-5-4-6-10-19)26-21-16-14-20-11-7-8-12-23(20)27(24(21)29)17-18(2)28/h4-12,21-22,26H,3,13-17H2,1-2H3/t21-,22-/m1/s1. The number of nitrogens with one attached hydrogen (secondary N) is 1. The monoisotopic (exact) mass is 422 g/mol. The predicted molar refractivity (Wildman–Crippen MR) is 120 cm³/mol. The zero-order chi connectivity index (χ0) is 22.2. The molecule has 0 unspecified atom stereocenters. The normalized spacial score (nSPS) is 16.9. The van der Waals surface area contributed by atoms with Gasteiger partial charge in [-0.2, -0.15) is 0 Å². The lowest BCUT2D eigenvalue weighted by atomic mass is 10.0. The molecule has 6 nitrogen and oxygen atoms in total. The van der Waals surface area contributed by atoms with Gasteiger partial charge in [-0.1, -0.05) is 48.5 Å². The number of ketones is 1. The SMILES string of the molecule is CCOC(=O)[C@@H](CCc1ccccc1)N[C@@H]1CCc2ccccc2N(CC(C)=O)C1=O. The number of rotatable bonds is 9. The van der Waals surface area contributed by atoms with Crippen LogP contribution in [0.2, 0.25) is 0 Å². The van der Waals surface area contributed by atoms with Crippen molar-refractivity contribution in [3.63, 3.8) is 0 Å². The molecule has 0 bridgehead atoms. The van der Waals surface area contributed by atoms with Crippen molar-refractivity contribution in [3.8, 4) is 0 Å². The number of para-hydroxylation sites is 1. The third kappa shape index (κ3) is 6.01. The van der Waals surface area contributed by atoms with E-state index in [-0.39, 0.29) is 30.8 Å². The van der Waals surface area contributed by atoms with Crippen molar-refractivity contribution < 1.29 is 19.1 Å². The van der Waals surface area contributed by atoms with Crippen molar-refractivity contribution in [2.75, 3.05) is 18.1 Å². The van der Waals surface area contributed by atoms with Gasteiger partial charge in [0.25, 0.3) is 0 Å². The van der Waals surface area contributed by atoms with Crippen LogP contribution < -0.4 is 10.2 Å². The van der Waals surface area contributed by atoms with Crippen molar-refractivity contribution in [2.45, 2.75) is 51.6 Å². The first kappa shape index (κ1) is 22.7. The van der Waals surface area contributed by atoms with Gasteiger partial charge in [-0.15, -0.1) is 0 Å². The minimum Gasteiger partial charge on any atom is -0.465 e. The fraction of sp³-hybridized carbons (Fsp3) is 0.400. The molecule has 1 heterocycles. The van der Waals surface area contributed by atoms with E-state index in [4.69, 9.17) is 4.74 Å². The summed E-state index contributed by atoms with van der Waals surface area (Å²) in [7, 11) is 0. The van der Waals surface area contributed by atoms with Gasteiger partial charge >= 0.3 is 5.97 Å². The molecule has 1 amide bonds. The molecule has 31 heavy (non-hydrogen) atoms. The second-order valence-corrected chi connectivity index (χ2v) is 7.84. The van der Waals surface area contributed by atoms with Crippen LogP contribution in [0.15, 0.2) is 54.6 Å².